The van der Waals surface area contributed by atoms with E-state index in [1.54, 1.807) is 0 Å². The molecule has 0 bridgehead atoms. The lowest BCUT2D eigenvalue weighted by molar-refractivity contribution is -0.0639. The van der Waals surface area contributed by atoms with Crippen molar-refractivity contribution < 1.29 is 24.4 Å². The Morgan fingerprint density at radius 3 is 1.21 bits per heavy atom. The molecule has 1 aliphatic heterocycles. The minimum atomic E-state index is -1.04. The van der Waals surface area contributed by atoms with Crippen molar-refractivity contribution in [1.82, 2.24) is 0 Å². The minimum absolute atomic E-state index is 0.271. The highest BCUT2D eigenvalue weighted by molar-refractivity contribution is 7.80. The Labute approximate surface area is 302 Å². The Bertz CT molecular complexity index is 721. The molecule has 1 heterocycles. The van der Waals surface area contributed by atoms with Crippen LogP contribution < -0.4 is 0 Å². The summed E-state index contributed by atoms with van der Waals surface area (Å²) in [6.07, 6.45) is 35.8. The zero-order valence-electron chi connectivity index (χ0n) is 30.9. The van der Waals surface area contributed by atoms with Crippen molar-refractivity contribution in [2.75, 3.05) is 13.2 Å². The number of unbranched alkanes of at least 4 members (excludes halogenated alkanes) is 26. The third-order valence-electron chi connectivity index (χ3n) is 9.73. The first-order valence-electron chi connectivity index (χ1n) is 20.3. The summed E-state index contributed by atoms with van der Waals surface area (Å²) in [7, 11) is 0. The van der Waals surface area contributed by atoms with Gasteiger partial charge in [0.25, 0.3) is 0 Å². The average molecular weight is 701 g/mol. The molecule has 0 amide bonds. The van der Waals surface area contributed by atoms with Gasteiger partial charge < -0.3 is 24.4 Å². The molecule has 0 unspecified atom stereocenters. The summed E-state index contributed by atoms with van der Waals surface area (Å²) in [5.41, 5.74) is 0. The van der Waals surface area contributed by atoms with Gasteiger partial charge in [0, 0.05) is 12.8 Å². The Morgan fingerprint density at radius 2 is 0.872 bits per heavy atom. The van der Waals surface area contributed by atoms with Crippen LogP contribution in [0.2, 0.25) is 0 Å². The van der Waals surface area contributed by atoms with Crippen molar-refractivity contribution >= 4 is 34.5 Å². The summed E-state index contributed by atoms with van der Waals surface area (Å²) in [5, 5.41) is 21.0. The van der Waals surface area contributed by atoms with E-state index in [-0.39, 0.29) is 6.61 Å². The third kappa shape index (κ3) is 25.3. The molecular formula is C40H76O5S2. The average Bonchev–Trinajstić information content (AvgIpc) is 3.45. The van der Waals surface area contributed by atoms with Crippen LogP contribution in [0.15, 0.2) is 0 Å². The van der Waals surface area contributed by atoms with Gasteiger partial charge in [0.05, 0.1) is 13.2 Å². The zero-order valence-corrected chi connectivity index (χ0v) is 32.5. The number of rotatable bonds is 34. The summed E-state index contributed by atoms with van der Waals surface area (Å²) in [4.78, 5) is 0. The van der Waals surface area contributed by atoms with Crippen LogP contribution in [0.1, 0.15) is 206 Å². The van der Waals surface area contributed by atoms with Crippen LogP contribution in [-0.2, 0) is 14.2 Å². The second kappa shape index (κ2) is 32.8. The maximum Gasteiger partial charge on any atom is 0.167 e. The standard InChI is InChI=1S/C40H76O5S2/c1-3-5-7-9-11-13-15-17-19-21-23-25-27-29-31-37(46)44-36-34-43-39(35(42)33-41)40(36)45-38(47)32-30-28-26-24-22-20-18-16-14-12-10-8-6-4-2/h35-36,39-42H,3-34H2,1-2H3/t35-,36+,39+,40+/m1/s1. The second-order valence-electron chi connectivity index (χ2n) is 14.2. The lowest BCUT2D eigenvalue weighted by Crippen LogP contribution is -2.44. The SMILES string of the molecule is CCCCCCCCCCCCCCCCC(=S)O[C@@H]1[C@H]([C@H](O)CO)OC[C@@H]1OC(=S)CCCCCCCCCCCCCCCC. The molecule has 4 atom stereocenters. The lowest BCUT2D eigenvalue weighted by Gasteiger charge is -2.27. The molecule has 1 saturated heterocycles. The maximum atomic E-state index is 10.4. The van der Waals surface area contributed by atoms with Crippen molar-refractivity contribution in [1.29, 1.82) is 0 Å². The molecule has 0 spiro atoms. The Balaban J connectivity index is 2.15. The molecule has 0 aromatic heterocycles. The Hall–Kier alpha value is -0.340. The number of aliphatic hydroxyl groups is 2. The van der Waals surface area contributed by atoms with E-state index < -0.39 is 31.0 Å². The van der Waals surface area contributed by atoms with Gasteiger partial charge in [0.1, 0.15) is 12.2 Å². The van der Waals surface area contributed by atoms with E-state index >= 15 is 0 Å². The lowest BCUT2D eigenvalue weighted by atomic mass is 10.0. The predicted molar refractivity (Wildman–Crippen MR) is 208 cm³/mol. The maximum absolute atomic E-state index is 10.4. The first-order chi connectivity index (χ1) is 23.0. The molecule has 0 aliphatic carbocycles. The van der Waals surface area contributed by atoms with Crippen LogP contribution in [0.5, 0.6) is 0 Å². The minimum Gasteiger partial charge on any atom is -0.477 e. The van der Waals surface area contributed by atoms with E-state index in [4.69, 9.17) is 38.6 Å². The van der Waals surface area contributed by atoms with Gasteiger partial charge in [0.15, 0.2) is 22.3 Å². The zero-order chi connectivity index (χ0) is 34.2. The van der Waals surface area contributed by atoms with E-state index in [0.29, 0.717) is 16.5 Å². The molecule has 47 heavy (non-hydrogen) atoms. The molecule has 5 nitrogen and oxygen atoms in total. The van der Waals surface area contributed by atoms with Gasteiger partial charge in [-0.15, -0.1) is 0 Å². The van der Waals surface area contributed by atoms with Crippen LogP contribution in [0.4, 0.5) is 0 Å². The van der Waals surface area contributed by atoms with Crippen molar-refractivity contribution in [2.45, 2.75) is 231 Å². The van der Waals surface area contributed by atoms with Gasteiger partial charge in [-0.2, -0.15) is 0 Å². The fourth-order valence-electron chi connectivity index (χ4n) is 6.65. The van der Waals surface area contributed by atoms with Crippen LogP contribution in [0.25, 0.3) is 0 Å². The number of hydrogen-bond acceptors (Lipinski definition) is 7. The summed E-state index contributed by atoms with van der Waals surface area (Å²) in [6, 6.07) is 0. The molecular weight excluding hydrogens is 625 g/mol. The normalized spacial score (nSPS) is 18.4. The van der Waals surface area contributed by atoms with Crippen LogP contribution in [0, 0.1) is 0 Å². The van der Waals surface area contributed by atoms with Gasteiger partial charge in [-0.25, -0.2) is 0 Å². The largest absolute Gasteiger partial charge is 0.477 e. The van der Waals surface area contributed by atoms with Crippen LogP contribution in [0.3, 0.4) is 0 Å². The van der Waals surface area contributed by atoms with Gasteiger partial charge in [-0.3, -0.25) is 0 Å². The molecule has 0 saturated carbocycles. The first-order valence-corrected chi connectivity index (χ1v) is 21.1. The summed E-state index contributed by atoms with van der Waals surface area (Å²) >= 11 is 11.2. The molecule has 0 aromatic rings. The van der Waals surface area contributed by atoms with Crippen molar-refractivity contribution in [3.8, 4) is 0 Å². The van der Waals surface area contributed by atoms with Gasteiger partial charge >= 0.3 is 0 Å². The molecule has 1 fully saturated rings. The smallest absolute Gasteiger partial charge is 0.167 e. The molecule has 2 N–H and O–H groups in total. The Kier molecular flexibility index (Phi) is 31.2. The van der Waals surface area contributed by atoms with Gasteiger partial charge in [0.2, 0.25) is 0 Å². The number of thiocarbonyl (C=S) groups is 2. The van der Waals surface area contributed by atoms with E-state index in [1.165, 1.54) is 154 Å². The van der Waals surface area contributed by atoms with Crippen molar-refractivity contribution in [3.63, 3.8) is 0 Å². The van der Waals surface area contributed by atoms with E-state index in [9.17, 15) is 10.2 Å². The summed E-state index contributed by atoms with van der Waals surface area (Å²) in [6.45, 7) is 4.43. The number of hydrogen-bond donors (Lipinski definition) is 2. The summed E-state index contributed by atoms with van der Waals surface area (Å²) in [5.74, 6) is 0. The highest BCUT2D eigenvalue weighted by Gasteiger charge is 2.45. The molecule has 7 heteroatoms. The highest BCUT2D eigenvalue weighted by atomic mass is 32.1. The van der Waals surface area contributed by atoms with Crippen LogP contribution >= 0.6 is 24.4 Å². The quantitative estimate of drug-likeness (QED) is 0.0511. The molecule has 0 aromatic carbocycles. The van der Waals surface area contributed by atoms with E-state index in [1.807, 2.05) is 0 Å². The predicted octanol–water partition coefficient (Wildman–Crippen LogP) is 11.9. The highest BCUT2D eigenvalue weighted by Crippen LogP contribution is 2.26. The molecule has 1 aliphatic rings. The topological polar surface area (TPSA) is 68.2 Å². The fraction of sp³-hybridized carbons (Fsp3) is 0.950. The third-order valence-corrected chi connectivity index (χ3v) is 10.3. The van der Waals surface area contributed by atoms with Gasteiger partial charge in [-0.05, 0) is 37.3 Å². The van der Waals surface area contributed by atoms with Crippen molar-refractivity contribution in [3.05, 3.63) is 0 Å². The fourth-order valence-corrected chi connectivity index (χ4v) is 7.17. The monoisotopic (exact) mass is 701 g/mol. The van der Waals surface area contributed by atoms with E-state index in [2.05, 4.69) is 13.8 Å². The van der Waals surface area contributed by atoms with Crippen molar-refractivity contribution in [2.24, 2.45) is 0 Å². The van der Waals surface area contributed by atoms with E-state index in [0.717, 1.165) is 32.1 Å². The summed E-state index contributed by atoms with van der Waals surface area (Å²) < 4.78 is 18.1. The number of ether oxygens (including phenoxy) is 3. The molecule has 0 radical (unpaired) electrons. The van der Waals surface area contributed by atoms with Gasteiger partial charge in [-0.1, -0.05) is 181 Å². The Morgan fingerprint density at radius 1 is 0.553 bits per heavy atom. The number of aliphatic hydroxyl groups excluding tert-OH is 2. The molecule has 278 valence electrons. The van der Waals surface area contributed by atoms with Crippen LogP contribution in [-0.4, -0.2) is 57.9 Å². The second-order valence-corrected chi connectivity index (χ2v) is 15.1. The molecule has 1 rings (SSSR count). The first kappa shape index (κ1) is 44.7.